The lowest BCUT2D eigenvalue weighted by Gasteiger charge is -2.06. The molecule has 2 aromatic carbocycles. The first-order chi connectivity index (χ1) is 9.33. The number of anilines is 1. The second-order valence-electron chi connectivity index (χ2n) is 4.35. The number of hydrogen-bond acceptors (Lipinski definition) is 2. The van der Waals surface area contributed by atoms with Crippen molar-refractivity contribution in [2.24, 2.45) is 0 Å². The van der Waals surface area contributed by atoms with E-state index < -0.39 is 0 Å². The quantitative estimate of drug-likeness (QED) is 0.752. The van der Waals surface area contributed by atoms with E-state index in [1.807, 2.05) is 48.5 Å². The third-order valence-corrected chi connectivity index (χ3v) is 2.97. The standard InChI is InChI=1S/C15H13N3O/c19-15(9-11-5-2-1-3-6-11)17-13-7-4-8-14-12(13)10-16-18-14/h1-8,10H,9H2,(H,16,18)(H,17,19). The molecule has 0 aliphatic rings. The molecule has 0 unspecified atom stereocenters. The number of benzene rings is 2. The molecule has 2 N–H and O–H groups in total. The molecular weight excluding hydrogens is 238 g/mol. The van der Waals surface area contributed by atoms with Crippen molar-refractivity contribution in [1.82, 2.24) is 10.2 Å². The molecule has 0 radical (unpaired) electrons. The summed E-state index contributed by atoms with van der Waals surface area (Å²) in [5.41, 5.74) is 2.70. The maximum absolute atomic E-state index is 12.0. The predicted molar refractivity (Wildman–Crippen MR) is 74.9 cm³/mol. The number of fused-ring (bicyclic) bond motifs is 1. The molecule has 0 bridgehead atoms. The molecule has 1 heterocycles. The molecule has 0 atom stereocenters. The number of aromatic nitrogens is 2. The topological polar surface area (TPSA) is 57.8 Å². The minimum atomic E-state index is -0.0279. The van der Waals surface area contributed by atoms with E-state index in [0.717, 1.165) is 22.2 Å². The molecule has 94 valence electrons. The number of aromatic amines is 1. The summed E-state index contributed by atoms with van der Waals surface area (Å²) in [5.74, 6) is -0.0279. The zero-order chi connectivity index (χ0) is 13.1. The van der Waals surface area contributed by atoms with Gasteiger partial charge in [-0.2, -0.15) is 5.10 Å². The summed E-state index contributed by atoms with van der Waals surface area (Å²) in [6, 6.07) is 15.4. The molecule has 0 aliphatic heterocycles. The molecule has 4 nitrogen and oxygen atoms in total. The number of nitrogens with one attached hydrogen (secondary N) is 2. The average Bonchev–Trinajstić information content (AvgIpc) is 2.89. The average molecular weight is 251 g/mol. The Morgan fingerprint density at radius 1 is 1.11 bits per heavy atom. The Morgan fingerprint density at radius 3 is 2.79 bits per heavy atom. The number of carbonyl (C=O) groups excluding carboxylic acids is 1. The van der Waals surface area contributed by atoms with Crippen molar-refractivity contribution in [3.8, 4) is 0 Å². The smallest absolute Gasteiger partial charge is 0.228 e. The Balaban J connectivity index is 1.78. The fourth-order valence-electron chi connectivity index (χ4n) is 2.05. The molecule has 0 fully saturated rings. The number of carbonyl (C=O) groups is 1. The van der Waals surface area contributed by atoms with E-state index in [9.17, 15) is 4.79 Å². The van der Waals surface area contributed by atoms with Gasteiger partial charge in [-0.05, 0) is 17.7 Å². The van der Waals surface area contributed by atoms with Crippen LogP contribution in [0.4, 0.5) is 5.69 Å². The minimum Gasteiger partial charge on any atom is -0.325 e. The molecule has 0 saturated carbocycles. The first-order valence-corrected chi connectivity index (χ1v) is 6.09. The van der Waals surface area contributed by atoms with E-state index in [4.69, 9.17) is 0 Å². The van der Waals surface area contributed by atoms with E-state index in [0.29, 0.717) is 6.42 Å². The first-order valence-electron chi connectivity index (χ1n) is 6.09. The van der Waals surface area contributed by atoms with Gasteiger partial charge in [-0.15, -0.1) is 0 Å². The number of H-pyrrole nitrogens is 1. The van der Waals surface area contributed by atoms with Crippen LogP contribution in [-0.2, 0) is 11.2 Å². The lowest BCUT2D eigenvalue weighted by Crippen LogP contribution is -2.14. The second-order valence-corrected chi connectivity index (χ2v) is 4.35. The zero-order valence-electron chi connectivity index (χ0n) is 10.3. The third kappa shape index (κ3) is 2.47. The van der Waals surface area contributed by atoms with Gasteiger partial charge in [0.25, 0.3) is 0 Å². The minimum absolute atomic E-state index is 0.0279. The SMILES string of the molecule is O=C(Cc1ccccc1)Nc1cccc2[nH]ncc12. The third-order valence-electron chi connectivity index (χ3n) is 2.97. The van der Waals surface area contributed by atoms with Crippen LogP contribution in [-0.4, -0.2) is 16.1 Å². The van der Waals surface area contributed by atoms with E-state index in [-0.39, 0.29) is 5.91 Å². The van der Waals surface area contributed by atoms with Gasteiger partial charge in [0.2, 0.25) is 5.91 Å². The summed E-state index contributed by atoms with van der Waals surface area (Å²) in [4.78, 5) is 12.0. The fourth-order valence-corrected chi connectivity index (χ4v) is 2.05. The Hall–Kier alpha value is -2.62. The summed E-state index contributed by atoms with van der Waals surface area (Å²) >= 11 is 0. The molecule has 1 amide bonds. The Bertz CT molecular complexity index is 703. The van der Waals surface area contributed by atoms with Crippen molar-refractivity contribution < 1.29 is 4.79 Å². The highest BCUT2D eigenvalue weighted by Gasteiger charge is 2.07. The van der Waals surface area contributed by atoms with Crippen LogP contribution in [0.1, 0.15) is 5.56 Å². The van der Waals surface area contributed by atoms with Gasteiger partial charge in [-0.25, -0.2) is 0 Å². The molecular formula is C15H13N3O. The highest BCUT2D eigenvalue weighted by Crippen LogP contribution is 2.21. The lowest BCUT2D eigenvalue weighted by molar-refractivity contribution is -0.115. The molecule has 1 aromatic heterocycles. The predicted octanol–water partition coefficient (Wildman–Crippen LogP) is 2.74. The monoisotopic (exact) mass is 251 g/mol. The van der Waals surface area contributed by atoms with Crippen LogP contribution >= 0.6 is 0 Å². The van der Waals surface area contributed by atoms with Crippen molar-refractivity contribution in [1.29, 1.82) is 0 Å². The van der Waals surface area contributed by atoms with Crippen LogP contribution in [0.3, 0.4) is 0 Å². The second kappa shape index (κ2) is 4.94. The van der Waals surface area contributed by atoms with Crippen molar-refractivity contribution in [2.45, 2.75) is 6.42 Å². The van der Waals surface area contributed by atoms with Gasteiger partial charge < -0.3 is 5.32 Å². The van der Waals surface area contributed by atoms with Gasteiger partial charge in [-0.1, -0.05) is 36.4 Å². The van der Waals surface area contributed by atoms with E-state index in [1.165, 1.54) is 0 Å². The number of rotatable bonds is 3. The van der Waals surface area contributed by atoms with Gasteiger partial charge in [0.15, 0.2) is 0 Å². The van der Waals surface area contributed by atoms with E-state index in [2.05, 4.69) is 15.5 Å². The Kier molecular flexibility index (Phi) is 2.98. The van der Waals surface area contributed by atoms with Crippen LogP contribution in [0.25, 0.3) is 10.9 Å². The van der Waals surface area contributed by atoms with Gasteiger partial charge >= 0.3 is 0 Å². The molecule has 4 heteroatoms. The van der Waals surface area contributed by atoms with Gasteiger partial charge in [0, 0.05) is 5.39 Å². The highest BCUT2D eigenvalue weighted by atomic mass is 16.1. The summed E-state index contributed by atoms with van der Waals surface area (Å²) in [7, 11) is 0. The number of amides is 1. The highest BCUT2D eigenvalue weighted by molar-refractivity contribution is 6.01. The largest absolute Gasteiger partial charge is 0.325 e. The Morgan fingerprint density at radius 2 is 1.95 bits per heavy atom. The summed E-state index contributed by atoms with van der Waals surface area (Å²) in [6.45, 7) is 0. The lowest BCUT2D eigenvalue weighted by atomic mass is 10.1. The fraction of sp³-hybridized carbons (Fsp3) is 0.0667. The number of hydrogen-bond donors (Lipinski definition) is 2. The first kappa shape index (κ1) is 11.5. The molecule has 3 aromatic rings. The molecule has 0 aliphatic carbocycles. The normalized spacial score (nSPS) is 10.5. The van der Waals surface area contributed by atoms with Gasteiger partial charge in [0.1, 0.15) is 0 Å². The molecule has 19 heavy (non-hydrogen) atoms. The Labute approximate surface area is 110 Å². The van der Waals surface area contributed by atoms with E-state index in [1.54, 1.807) is 6.20 Å². The van der Waals surface area contributed by atoms with Crippen LogP contribution < -0.4 is 5.32 Å². The zero-order valence-corrected chi connectivity index (χ0v) is 10.3. The molecule has 0 spiro atoms. The van der Waals surface area contributed by atoms with Crippen molar-refractivity contribution in [3.63, 3.8) is 0 Å². The van der Waals surface area contributed by atoms with Crippen LogP contribution in [0.15, 0.2) is 54.7 Å². The van der Waals surface area contributed by atoms with Crippen LogP contribution in [0, 0.1) is 0 Å². The van der Waals surface area contributed by atoms with Gasteiger partial charge in [0.05, 0.1) is 23.8 Å². The van der Waals surface area contributed by atoms with Crippen molar-refractivity contribution in [3.05, 3.63) is 60.3 Å². The summed E-state index contributed by atoms with van der Waals surface area (Å²) in [5, 5.41) is 10.7. The maximum Gasteiger partial charge on any atom is 0.228 e. The van der Waals surface area contributed by atoms with Crippen LogP contribution in [0.5, 0.6) is 0 Å². The van der Waals surface area contributed by atoms with Crippen LogP contribution in [0.2, 0.25) is 0 Å². The molecule has 0 saturated heterocycles. The van der Waals surface area contributed by atoms with Crippen molar-refractivity contribution >= 4 is 22.5 Å². The maximum atomic E-state index is 12.0. The summed E-state index contributed by atoms with van der Waals surface area (Å²) < 4.78 is 0. The van der Waals surface area contributed by atoms with Gasteiger partial charge in [-0.3, -0.25) is 9.89 Å². The van der Waals surface area contributed by atoms with Crippen molar-refractivity contribution in [2.75, 3.05) is 5.32 Å². The van der Waals surface area contributed by atoms with E-state index >= 15 is 0 Å². The summed E-state index contributed by atoms with van der Waals surface area (Å²) in [6.07, 6.45) is 2.09. The molecule has 3 rings (SSSR count). The number of nitrogens with zero attached hydrogens (tertiary/aromatic N) is 1.